The number of aliphatic hydroxyl groups excluding tert-OH is 2. The van der Waals surface area contributed by atoms with Crippen molar-refractivity contribution in [3.05, 3.63) is 47.0 Å². The van der Waals surface area contributed by atoms with Gasteiger partial charge >= 0.3 is 36.1 Å². The summed E-state index contributed by atoms with van der Waals surface area (Å²) in [5, 5.41) is 37.9. The predicted molar refractivity (Wildman–Crippen MR) is 201 cm³/mol. The van der Waals surface area contributed by atoms with Crippen LogP contribution in [0.3, 0.4) is 0 Å². The van der Waals surface area contributed by atoms with E-state index in [1.165, 1.54) is 78.0 Å². The Labute approximate surface area is 349 Å². The van der Waals surface area contributed by atoms with Gasteiger partial charge in [-0.05, 0) is 70.7 Å². The number of Topliss-reactive ketones (excluding diaryl/α,β-unsaturated/α-hetero) is 1. The summed E-state index contributed by atoms with van der Waals surface area (Å²) in [6, 6.07) is 4.21. The highest BCUT2D eigenvalue weighted by molar-refractivity contribution is 5.96. The molecule has 1 heterocycles. The minimum absolute atomic E-state index is 0.0286. The van der Waals surface area contributed by atoms with Crippen LogP contribution in [0.4, 0.5) is 18.0 Å². The first-order valence-electron chi connectivity index (χ1n) is 20.0. The molecule has 4 fully saturated rings. The Morgan fingerprint density at radius 1 is 0.984 bits per heavy atom. The van der Waals surface area contributed by atoms with Gasteiger partial charge in [0.1, 0.15) is 29.5 Å². The minimum Gasteiger partial charge on any atom is -0.456 e. The topological polar surface area (TPSA) is 231 Å². The number of amides is 1. The van der Waals surface area contributed by atoms with E-state index in [4.69, 9.17) is 28.4 Å². The lowest BCUT2D eigenvalue weighted by Gasteiger charge is -2.67. The van der Waals surface area contributed by atoms with Crippen LogP contribution in [-0.2, 0) is 47.6 Å². The van der Waals surface area contributed by atoms with Crippen molar-refractivity contribution >= 4 is 35.8 Å². The highest BCUT2D eigenvalue weighted by Gasteiger charge is 2.78. The van der Waals surface area contributed by atoms with Crippen LogP contribution in [0, 0.1) is 22.7 Å². The van der Waals surface area contributed by atoms with Crippen LogP contribution in [0.25, 0.3) is 0 Å². The molecule has 19 heteroatoms. The SMILES string of the molecule is CC(=O)O[C@@]12CO[C@@H]1C[C@H](O)[C@@]1(C)C(=O)[C@H](OC(=O)C3CC3)C3=C(C)[C@@H](OC(=O)[C@H](O)[C@@H](NC(=O)OC(C)(C)C)C(F)(F)F)C[C@@](O)([C@@H](OC(=O)c4ccccc4)[C@H]21)C3(C)C. The Morgan fingerprint density at radius 2 is 1.61 bits per heavy atom. The second-order valence-electron chi connectivity index (χ2n) is 18.4. The summed E-state index contributed by atoms with van der Waals surface area (Å²) in [7, 11) is 0. The van der Waals surface area contributed by atoms with Gasteiger partial charge in [0.25, 0.3) is 0 Å². The number of fused-ring (bicyclic) bond motifs is 5. The number of hydrogen-bond acceptors (Lipinski definition) is 15. The third-order valence-corrected chi connectivity index (χ3v) is 12.9. The van der Waals surface area contributed by atoms with Crippen molar-refractivity contribution in [3.8, 4) is 0 Å². The van der Waals surface area contributed by atoms with Gasteiger partial charge in [-0.1, -0.05) is 32.0 Å². The van der Waals surface area contributed by atoms with Crippen LogP contribution in [0.5, 0.6) is 0 Å². The van der Waals surface area contributed by atoms with Gasteiger partial charge in [-0.25, -0.2) is 14.4 Å². The molecule has 61 heavy (non-hydrogen) atoms. The van der Waals surface area contributed by atoms with Crippen LogP contribution in [0.1, 0.15) is 91.4 Å². The lowest BCUT2D eigenvalue weighted by atomic mass is 9.44. The second-order valence-corrected chi connectivity index (χ2v) is 18.4. The van der Waals surface area contributed by atoms with E-state index in [0.29, 0.717) is 12.8 Å². The molecule has 0 aromatic heterocycles. The van der Waals surface area contributed by atoms with Gasteiger partial charge in [-0.3, -0.25) is 14.4 Å². The summed E-state index contributed by atoms with van der Waals surface area (Å²) in [6.45, 7) is 10.3. The first-order chi connectivity index (χ1) is 28.1. The van der Waals surface area contributed by atoms with E-state index in [9.17, 15) is 52.5 Å². The zero-order valence-corrected chi connectivity index (χ0v) is 35.0. The molecule has 4 aliphatic carbocycles. The first-order valence-corrected chi connectivity index (χ1v) is 20.0. The Kier molecular flexibility index (Phi) is 11.8. The predicted octanol–water partition coefficient (Wildman–Crippen LogP) is 3.41. The van der Waals surface area contributed by atoms with E-state index in [2.05, 4.69) is 0 Å². The van der Waals surface area contributed by atoms with Crippen molar-refractivity contribution < 1.29 is 85.7 Å². The number of benzene rings is 1. The van der Waals surface area contributed by atoms with E-state index < -0.39 is 137 Å². The van der Waals surface area contributed by atoms with Crippen LogP contribution >= 0.6 is 0 Å². The number of aliphatic hydroxyl groups is 3. The maximum Gasteiger partial charge on any atom is 0.411 e. The van der Waals surface area contributed by atoms with Crippen molar-refractivity contribution in [2.45, 2.75) is 147 Å². The molecule has 1 aromatic rings. The van der Waals surface area contributed by atoms with Gasteiger partial charge in [0, 0.05) is 25.2 Å². The summed E-state index contributed by atoms with van der Waals surface area (Å²) in [6.07, 6.45) is -19.0. The summed E-state index contributed by atoms with van der Waals surface area (Å²) in [5.74, 6) is -7.92. The molecule has 0 radical (unpaired) electrons. The van der Waals surface area contributed by atoms with Crippen LogP contribution in [0.2, 0.25) is 0 Å². The molecule has 1 aromatic carbocycles. The summed E-state index contributed by atoms with van der Waals surface area (Å²) < 4.78 is 77.6. The number of alkyl carbamates (subject to hydrolysis) is 1. The highest BCUT2D eigenvalue weighted by atomic mass is 19.4. The second kappa shape index (κ2) is 15.6. The van der Waals surface area contributed by atoms with Crippen molar-refractivity contribution in [1.29, 1.82) is 0 Å². The Bertz CT molecular complexity index is 1990. The molecule has 5 aliphatic rings. The summed E-state index contributed by atoms with van der Waals surface area (Å²) in [5.41, 5.74) is -10.0. The van der Waals surface area contributed by atoms with Gasteiger partial charge in [-0.2, -0.15) is 13.2 Å². The van der Waals surface area contributed by atoms with Crippen molar-refractivity contribution in [3.63, 3.8) is 0 Å². The number of rotatable bonds is 9. The molecule has 2 bridgehead atoms. The molecule has 11 atom stereocenters. The van der Waals surface area contributed by atoms with Crippen LogP contribution < -0.4 is 5.32 Å². The first kappa shape index (κ1) is 45.9. The molecular weight excluding hydrogens is 815 g/mol. The van der Waals surface area contributed by atoms with Gasteiger partial charge in [-0.15, -0.1) is 0 Å². The number of alkyl halides is 3. The standard InChI is InChI=1S/C42H52F3NO15/c1-19-23(57-35(53)27(49)30(42(43,44)45)46-36(54)61-37(3,4)5)17-41(55)32(59-34(52)21-12-10-9-11-13-21)29-39(8,24(48)16-25-40(29,18-56-25)60-20(2)47)31(50)28(26(19)38(41,6)7)58-33(51)22-14-15-22/h9-13,22-25,27-30,32,48-49,55H,14-18H2,1-8H3,(H,46,54)/t23-,24-,25+,27+,28+,29-,30+,32-,39+,40-,41+/m0/s1. The normalized spacial score (nSPS) is 34.1. The molecule has 6 rings (SSSR count). The van der Waals surface area contributed by atoms with Crippen molar-refractivity contribution in [1.82, 2.24) is 5.32 Å². The number of esters is 4. The van der Waals surface area contributed by atoms with E-state index in [-0.39, 0.29) is 23.1 Å². The fourth-order valence-corrected chi connectivity index (χ4v) is 9.50. The fourth-order valence-electron chi connectivity index (χ4n) is 9.50. The van der Waals surface area contributed by atoms with Gasteiger partial charge in [0.2, 0.25) is 0 Å². The molecule has 4 N–H and O–H groups in total. The molecule has 0 unspecified atom stereocenters. The number of ketones is 1. The number of nitrogens with one attached hydrogen (secondary N) is 1. The van der Waals surface area contributed by atoms with E-state index in [1.54, 1.807) is 6.07 Å². The molecular formula is C42H52F3NO15. The Hall–Kier alpha value is -4.59. The number of carbonyl (C=O) groups excluding carboxylic acids is 6. The van der Waals surface area contributed by atoms with E-state index in [0.717, 1.165) is 6.92 Å². The molecule has 1 aliphatic heterocycles. The zero-order chi connectivity index (χ0) is 45.4. The zero-order valence-electron chi connectivity index (χ0n) is 35.0. The molecule has 0 spiro atoms. The average Bonchev–Trinajstić information content (AvgIpc) is 4.00. The lowest BCUT2D eigenvalue weighted by molar-refractivity contribution is -0.346. The maximum atomic E-state index is 15.5. The number of carbonyl (C=O) groups is 6. The highest BCUT2D eigenvalue weighted by Crippen LogP contribution is 2.64. The number of ether oxygens (including phenoxy) is 6. The third kappa shape index (κ3) is 8.02. The lowest BCUT2D eigenvalue weighted by Crippen LogP contribution is -2.82. The molecule has 16 nitrogen and oxygen atoms in total. The number of hydrogen-bond donors (Lipinski definition) is 4. The van der Waals surface area contributed by atoms with Gasteiger partial charge in [0.05, 0.1) is 35.5 Å². The quantitative estimate of drug-likeness (QED) is 0.158. The van der Waals surface area contributed by atoms with Gasteiger partial charge in [0.15, 0.2) is 29.6 Å². The summed E-state index contributed by atoms with van der Waals surface area (Å²) in [4.78, 5) is 82.3. The molecule has 1 saturated heterocycles. The largest absolute Gasteiger partial charge is 0.456 e. The molecule has 336 valence electrons. The Balaban J connectivity index is 1.55. The van der Waals surface area contributed by atoms with Crippen LogP contribution in [0.15, 0.2) is 41.5 Å². The smallest absolute Gasteiger partial charge is 0.411 e. The molecule has 3 saturated carbocycles. The minimum atomic E-state index is -5.44. The number of halogens is 3. The van der Waals surface area contributed by atoms with Gasteiger partial charge < -0.3 is 49.1 Å². The van der Waals surface area contributed by atoms with Crippen molar-refractivity contribution in [2.24, 2.45) is 22.7 Å². The summed E-state index contributed by atoms with van der Waals surface area (Å²) >= 11 is 0. The average molecular weight is 868 g/mol. The van der Waals surface area contributed by atoms with Crippen molar-refractivity contribution in [2.75, 3.05) is 6.61 Å². The van der Waals surface area contributed by atoms with E-state index >= 15 is 4.79 Å². The maximum absolute atomic E-state index is 15.5. The monoisotopic (exact) mass is 867 g/mol. The fraction of sp³-hybridized carbons (Fsp3) is 0.667. The third-order valence-electron chi connectivity index (χ3n) is 12.9. The molecule has 1 amide bonds. The van der Waals surface area contributed by atoms with Crippen LogP contribution in [-0.4, -0.2) is 123 Å². The Morgan fingerprint density at radius 3 is 2.13 bits per heavy atom. The van der Waals surface area contributed by atoms with E-state index in [1.807, 2.05) is 0 Å².